The minimum absolute atomic E-state index is 0.276. The molecular formula is C21H38O4. The van der Waals surface area contributed by atoms with Gasteiger partial charge >= 0.3 is 11.9 Å². The van der Waals surface area contributed by atoms with Crippen LogP contribution < -0.4 is 0 Å². The maximum absolute atomic E-state index is 12.6. The fourth-order valence-corrected chi connectivity index (χ4v) is 2.46. The molecule has 0 aliphatic carbocycles. The van der Waals surface area contributed by atoms with E-state index in [-0.39, 0.29) is 17.9 Å². The van der Waals surface area contributed by atoms with Gasteiger partial charge in [0.1, 0.15) is 0 Å². The summed E-state index contributed by atoms with van der Waals surface area (Å²) in [7, 11) is 0. The van der Waals surface area contributed by atoms with E-state index in [1.54, 1.807) is 0 Å². The summed E-state index contributed by atoms with van der Waals surface area (Å²) in [6, 6.07) is 0. The van der Waals surface area contributed by atoms with Crippen molar-refractivity contribution in [2.75, 3.05) is 13.2 Å². The Labute approximate surface area is 154 Å². The lowest BCUT2D eigenvalue weighted by Gasteiger charge is -2.16. The van der Waals surface area contributed by atoms with Crippen LogP contribution in [0.15, 0.2) is 11.1 Å². The molecule has 0 heterocycles. The van der Waals surface area contributed by atoms with Crippen LogP contribution in [0, 0.1) is 5.92 Å². The van der Waals surface area contributed by atoms with Crippen LogP contribution in [0.3, 0.4) is 0 Å². The summed E-state index contributed by atoms with van der Waals surface area (Å²) in [6.07, 6.45) is 7.75. The molecule has 0 saturated heterocycles. The summed E-state index contributed by atoms with van der Waals surface area (Å²) in [5.41, 5.74) is 1.04. The molecule has 0 aromatic rings. The highest BCUT2D eigenvalue weighted by Gasteiger charge is 2.23. The van der Waals surface area contributed by atoms with Gasteiger partial charge < -0.3 is 9.47 Å². The quantitative estimate of drug-likeness (QED) is 0.231. The van der Waals surface area contributed by atoms with Crippen LogP contribution in [0.1, 0.15) is 92.4 Å². The highest BCUT2D eigenvalue weighted by molar-refractivity contribution is 6.00. The van der Waals surface area contributed by atoms with Crippen molar-refractivity contribution in [3.05, 3.63) is 11.1 Å². The first-order valence-corrected chi connectivity index (χ1v) is 10.0. The normalized spacial score (nSPS) is 12.1. The van der Waals surface area contributed by atoms with Crippen LogP contribution in [0.2, 0.25) is 0 Å². The van der Waals surface area contributed by atoms with E-state index in [9.17, 15) is 9.59 Å². The highest BCUT2D eigenvalue weighted by Crippen LogP contribution is 2.23. The van der Waals surface area contributed by atoms with Gasteiger partial charge in [0, 0.05) is 11.1 Å². The maximum atomic E-state index is 12.6. The van der Waals surface area contributed by atoms with Crippen molar-refractivity contribution >= 4 is 11.9 Å². The molecule has 4 nitrogen and oxygen atoms in total. The van der Waals surface area contributed by atoms with E-state index < -0.39 is 0 Å². The fraction of sp³-hybridized carbons (Fsp3) is 0.810. The third kappa shape index (κ3) is 11.0. The minimum Gasteiger partial charge on any atom is -0.462 e. The monoisotopic (exact) mass is 354 g/mol. The Hall–Kier alpha value is -1.32. The second-order valence-electron chi connectivity index (χ2n) is 6.99. The summed E-state index contributed by atoms with van der Waals surface area (Å²) < 4.78 is 10.8. The van der Waals surface area contributed by atoms with Gasteiger partial charge in [-0.05, 0) is 38.0 Å². The molecule has 0 fully saturated rings. The van der Waals surface area contributed by atoms with Crippen molar-refractivity contribution in [2.24, 2.45) is 5.92 Å². The van der Waals surface area contributed by atoms with Crippen LogP contribution in [-0.4, -0.2) is 25.2 Å². The largest absolute Gasteiger partial charge is 0.462 e. The number of unbranched alkanes of at least 4 members (excludes halogenated alkanes) is 4. The molecule has 0 unspecified atom stereocenters. The molecule has 0 radical (unpaired) electrons. The van der Waals surface area contributed by atoms with Gasteiger partial charge in [0.25, 0.3) is 0 Å². The van der Waals surface area contributed by atoms with Gasteiger partial charge in [-0.1, -0.05) is 60.3 Å². The highest BCUT2D eigenvalue weighted by atomic mass is 16.5. The lowest BCUT2D eigenvalue weighted by Crippen LogP contribution is -2.19. The predicted octanol–water partition coefficient (Wildman–Crippen LogP) is 5.60. The topological polar surface area (TPSA) is 52.6 Å². The van der Waals surface area contributed by atoms with Crippen molar-refractivity contribution in [2.45, 2.75) is 92.4 Å². The van der Waals surface area contributed by atoms with Crippen molar-refractivity contribution < 1.29 is 19.1 Å². The molecular weight excluding hydrogens is 316 g/mol. The van der Waals surface area contributed by atoms with Gasteiger partial charge in [-0.3, -0.25) is 0 Å². The molecule has 4 heteroatoms. The Morgan fingerprint density at radius 1 is 0.720 bits per heavy atom. The summed E-state index contributed by atoms with van der Waals surface area (Å²) in [4.78, 5) is 25.2. The van der Waals surface area contributed by atoms with Gasteiger partial charge in [0.2, 0.25) is 0 Å². The number of hydrogen-bond donors (Lipinski definition) is 0. The number of hydrogen-bond acceptors (Lipinski definition) is 4. The van der Waals surface area contributed by atoms with Crippen LogP contribution in [0.4, 0.5) is 0 Å². The molecule has 0 amide bonds. The number of ether oxygens (including phenoxy) is 2. The fourth-order valence-electron chi connectivity index (χ4n) is 2.46. The second kappa shape index (κ2) is 15.0. The van der Waals surface area contributed by atoms with Crippen molar-refractivity contribution in [3.8, 4) is 0 Å². The Morgan fingerprint density at radius 2 is 1.20 bits per heavy atom. The van der Waals surface area contributed by atoms with Crippen molar-refractivity contribution in [1.29, 1.82) is 0 Å². The summed E-state index contributed by atoms with van der Waals surface area (Å²) >= 11 is 0. The van der Waals surface area contributed by atoms with Gasteiger partial charge in [-0.25, -0.2) is 9.59 Å². The average molecular weight is 355 g/mol. The number of carbonyl (C=O) groups excluding carboxylic acids is 2. The van der Waals surface area contributed by atoms with Gasteiger partial charge in [-0.15, -0.1) is 0 Å². The van der Waals surface area contributed by atoms with Gasteiger partial charge in [0.05, 0.1) is 13.2 Å². The molecule has 0 bridgehead atoms. The third-order valence-corrected chi connectivity index (χ3v) is 3.96. The van der Waals surface area contributed by atoms with E-state index >= 15 is 0 Å². The third-order valence-electron chi connectivity index (χ3n) is 3.96. The standard InChI is InChI=1S/C21H38O4/c1-6-9-12-13-18(20(22)24-14-10-7-2)19(16-17(4)5)21(23)25-15-11-8-3/h17H,6-16H2,1-5H3. The van der Waals surface area contributed by atoms with Crippen LogP contribution >= 0.6 is 0 Å². The zero-order valence-electron chi connectivity index (χ0n) is 17.0. The van der Waals surface area contributed by atoms with E-state index in [1.165, 1.54) is 0 Å². The molecule has 0 saturated carbocycles. The van der Waals surface area contributed by atoms with Crippen molar-refractivity contribution in [1.82, 2.24) is 0 Å². The lowest BCUT2D eigenvalue weighted by atomic mass is 9.94. The minimum atomic E-state index is -0.346. The molecule has 0 spiro atoms. The Kier molecular flexibility index (Phi) is 14.2. The van der Waals surface area contributed by atoms with Crippen LogP contribution in [0.25, 0.3) is 0 Å². The van der Waals surface area contributed by atoms with Crippen LogP contribution in [-0.2, 0) is 19.1 Å². The molecule has 0 aliphatic rings. The van der Waals surface area contributed by atoms with E-state index in [0.717, 1.165) is 44.9 Å². The Bertz CT molecular complexity index is 410. The lowest BCUT2D eigenvalue weighted by molar-refractivity contribution is -0.142. The molecule has 0 aromatic carbocycles. The summed E-state index contributed by atoms with van der Waals surface area (Å²) in [5, 5.41) is 0. The number of esters is 2. The smallest absolute Gasteiger partial charge is 0.334 e. The van der Waals surface area contributed by atoms with E-state index in [0.29, 0.717) is 37.2 Å². The molecule has 146 valence electrons. The molecule has 25 heavy (non-hydrogen) atoms. The zero-order valence-corrected chi connectivity index (χ0v) is 17.0. The first kappa shape index (κ1) is 23.7. The van der Waals surface area contributed by atoms with E-state index in [2.05, 4.69) is 20.8 Å². The second-order valence-corrected chi connectivity index (χ2v) is 6.99. The van der Waals surface area contributed by atoms with E-state index in [4.69, 9.17) is 9.47 Å². The molecule has 0 aromatic heterocycles. The first-order chi connectivity index (χ1) is 12.0. The van der Waals surface area contributed by atoms with Crippen molar-refractivity contribution in [3.63, 3.8) is 0 Å². The molecule has 0 aliphatic heterocycles. The van der Waals surface area contributed by atoms with E-state index in [1.807, 2.05) is 13.8 Å². The average Bonchev–Trinajstić information content (AvgIpc) is 2.57. The number of rotatable bonds is 14. The summed E-state index contributed by atoms with van der Waals surface area (Å²) in [5.74, 6) is -0.410. The first-order valence-electron chi connectivity index (χ1n) is 10.0. The Balaban J connectivity index is 5.36. The van der Waals surface area contributed by atoms with Crippen LogP contribution in [0.5, 0.6) is 0 Å². The molecule has 0 atom stereocenters. The maximum Gasteiger partial charge on any atom is 0.334 e. The zero-order chi connectivity index (χ0) is 19.1. The van der Waals surface area contributed by atoms with Gasteiger partial charge in [-0.2, -0.15) is 0 Å². The Morgan fingerprint density at radius 3 is 1.64 bits per heavy atom. The van der Waals surface area contributed by atoms with Gasteiger partial charge in [0.15, 0.2) is 0 Å². The SMILES string of the molecule is CCCCCC(C(=O)OCCCC)=C(CC(C)C)C(=O)OCCCC. The predicted molar refractivity (Wildman–Crippen MR) is 102 cm³/mol. The summed E-state index contributed by atoms with van der Waals surface area (Å²) in [6.45, 7) is 11.1. The number of carbonyl (C=O) groups is 2. The molecule has 0 N–H and O–H groups in total. The molecule has 0 rings (SSSR count).